The average molecular weight is 241 g/mol. The highest BCUT2D eigenvalue weighted by Gasteiger charge is 2.35. The Balaban J connectivity index is 2.24. The molecule has 0 spiro atoms. The third-order valence-corrected chi connectivity index (χ3v) is 2.29. The first-order valence-electron chi connectivity index (χ1n) is 3.04. The van der Waals surface area contributed by atoms with Crippen LogP contribution in [0.25, 0.3) is 0 Å². The van der Waals surface area contributed by atoms with Crippen LogP contribution in [0, 0.1) is 0 Å². The molecule has 0 amide bonds. The molecule has 0 aliphatic carbocycles. The molecule has 1 aliphatic rings. The van der Waals surface area contributed by atoms with E-state index in [2.05, 4.69) is 41.6 Å². The zero-order valence-electron chi connectivity index (χ0n) is 5.85. The molecule has 0 aromatic carbocycles. The molecule has 2 nitrogen and oxygen atoms in total. The summed E-state index contributed by atoms with van der Waals surface area (Å²) in [5, 5.41) is 0. The zero-order chi connectivity index (χ0) is 6.91. The van der Waals surface area contributed by atoms with Gasteiger partial charge in [-0.05, 0) is 14.1 Å². The normalized spacial score (nSPS) is 24.0. The minimum Gasteiger partial charge on any atom is -0.378 e. The summed E-state index contributed by atoms with van der Waals surface area (Å²) >= 11 is 2.48. The lowest BCUT2D eigenvalue weighted by Crippen LogP contribution is -2.50. The van der Waals surface area contributed by atoms with Gasteiger partial charge in [0.05, 0.1) is 16.6 Å². The van der Waals surface area contributed by atoms with Crippen molar-refractivity contribution in [3.8, 4) is 0 Å². The van der Waals surface area contributed by atoms with Crippen molar-refractivity contribution in [2.75, 3.05) is 33.9 Å². The molecule has 0 aromatic rings. The van der Waals surface area contributed by atoms with Crippen molar-refractivity contribution < 1.29 is 4.74 Å². The van der Waals surface area contributed by atoms with Gasteiger partial charge in [-0.3, -0.25) is 0 Å². The first-order valence-corrected chi connectivity index (χ1v) is 4.12. The number of hydrogen-bond donors (Lipinski definition) is 0. The monoisotopic (exact) mass is 241 g/mol. The SMILES string of the molecule is CN(C)CC1(I)COC1. The van der Waals surface area contributed by atoms with E-state index < -0.39 is 0 Å². The lowest BCUT2D eigenvalue weighted by Gasteiger charge is -2.37. The molecule has 0 unspecified atom stereocenters. The molecule has 1 saturated heterocycles. The van der Waals surface area contributed by atoms with Crippen molar-refractivity contribution >= 4 is 22.6 Å². The summed E-state index contributed by atoms with van der Waals surface area (Å²) in [6.07, 6.45) is 0. The van der Waals surface area contributed by atoms with Gasteiger partial charge in [0.2, 0.25) is 0 Å². The molecule has 1 aliphatic heterocycles. The number of rotatable bonds is 2. The summed E-state index contributed by atoms with van der Waals surface area (Å²) in [6.45, 7) is 2.98. The van der Waals surface area contributed by atoms with E-state index in [-0.39, 0.29) is 0 Å². The largest absolute Gasteiger partial charge is 0.378 e. The van der Waals surface area contributed by atoms with Gasteiger partial charge in [0.1, 0.15) is 0 Å². The van der Waals surface area contributed by atoms with Crippen LogP contribution in [0.3, 0.4) is 0 Å². The lowest BCUT2D eigenvalue weighted by atomic mass is 10.1. The number of ether oxygens (including phenoxy) is 1. The molecule has 0 radical (unpaired) electrons. The van der Waals surface area contributed by atoms with Crippen LogP contribution in [-0.2, 0) is 4.74 Å². The van der Waals surface area contributed by atoms with Crippen molar-refractivity contribution in [1.29, 1.82) is 0 Å². The summed E-state index contributed by atoms with van der Waals surface area (Å²) in [5.74, 6) is 0. The van der Waals surface area contributed by atoms with Gasteiger partial charge in [0, 0.05) is 6.54 Å². The minimum atomic E-state index is 0.418. The van der Waals surface area contributed by atoms with Crippen LogP contribution in [0.5, 0.6) is 0 Å². The maximum absolute atomic E-state index is 5.10. The van der Waals surface area contributed by atoms with E-state index in [9.17, 15) is 0 Å². The molecular weight excluding hydrogens is 229 g/mol. The van der Waals surface area contributed by atoms with Crippen LogP contribution < -0.4 is 0 Å². The number of nitrogens with zero attached hydrogens (tertiary/aromatic N) is 1. The Hall–Kier alpha value is 0.650. The van der Waals surface area contributed by atoms with Crippen LogP contribution >= 0.6 is 22.6 Å². The number of halogens is 1. The molecule has 1 rings (SSSR count). The predicted octanol–water partition coefficient (Wildman–Crippen LogP) is 0.752. The Morgan fingerprint density at radius 2 is 2.11 bits per heavy atom. The van der Waals surface area contributed by atoms with E-state index >= 15 is 0 Å². The van der Waals surface area contributed by atoms with E-state index in [1.165, 1.54) is 0 Å². The third-order valence-electron chi connectivity index (χ3n) is 1.32. The van der Waals surface area contributed by atoms with E-state index in [1.807, 2.05) is 0 Å². The fourth-order valence-corrected chi connectivity index (χ4v) is 2.10. The molecule has 9 heavy (non-hydrogen) atoms. The highest BCUT2D eigenvalue weighted by molar-refractivity contribution is 14.1. The topological polar surface area (TPSA) is 12.5 Å². The van der Waals surface area contributed by atoms with Crippen molar-refractivity contribution in [3.05, 3.63) is 0 Å². The van der Waals surface area contributed by atoms with Crippen molar-refractivity contribution in [3.63, 3.8) is 0 Å². The molecule has 54 valence electrons. The van der Waals surface area contributed by atoms with Gasteiger partial charge in [-0.25, -0.2) is 0 Å². The molecule has 0 aromatic heterocycles. The zero-order valence-corrected chi connectivity index (χ0v) is 8.01. The standard InChI is InChI=1S/C6H12INO/c1-8(2)3-6(7)4-9-5-6/h3-5H2,1-2H3. The highest BCUT2D eigenvalue weighted by Crippen LogP contribution is 2.28. The van der Waals surface area contributed by atoms with Gasteiger partial charge in [-0.1, -0.05) is 22.6 Å². The molecule has 0 N–H and O–H groups in total. The second-order valence-corrected chi connectivity index (χ2v) is 5.17. The second kappa shape index (κ2) is 2.72. The van der Waals surface area contributed by atoms with E-state index in [4.69, 9.17) is 4.74 Å². The van der Waals surface area contributed by atoms with Gasteiger partial charge in [0.25, 0.3) is 0 Å². The fraction of sp³-hybridized carbons (Fsp3) is 1.00. The maximum Gasteiger partial charge on any atom is 0.0814 e. The van der Waals surface area contributed by atoms with Crippen molar-refractivity contribution in [2.45, 2.75) is 3.42 Å². The predicted molar refractivity (Wildman–Crippen MR) is 46.1 cm³/mol. The van der Waals surface area contributed by atoms with E-state index in [1.54, 1.807) is 0 Å². The van der Waals surface area contributed by atoms with E-state index in [0.717, 1.165) is 19.8 Å². The van der Waals surface area contributed by atoms with Crippen LogP contribution in [0.1, 0.15) is 0 Å². The molecule has 1 heterocycles. The van der Waals surface area contributed by atoms with Gasteiger partial charge in [-0.2, -0.15) is 0 Å². The average Bonchev–Trinajstić information content (AvgIpc) is 1.60. The van der Waals surface area contributed by atoms with Crippen LogP contribution in [0.2, 0.25) is 0 Å². The Labute approximate surface area is 69.7 Å². The molecule has 0 bridgehead atoms. The molecule has 3 heteroatoms. The lowest BCUT2D eigenvalue weighted by molar-refractivity contribution is -0.00900. The fourth-order valence-electron chi connectivity index (χ4n) is 0.982. The summed E-state index contributed by atoms with van der Waals surface area (Å²) in [6, 6.07) is 0. The third kappa shape index (κ3) is 2.05. The summed E-state index contributed by atoms with van der Waals surface area (Å²) in [4.78, 5) is 2.20. The first kappa shape index (κ1) is 7.75. The Kier molecular flexibility index (Phi) is 2.34. The molecular formula is C6H12INO. The Morgan fingerprint density at radius 1 is 1.56 bits per heavy atom. The summed E-state index contributed by atoms with van der Waals surface area (Å²) in [7, 11) is 4.19. The van der Waals surface area contributed by atoms with Crippen LogP contribution in [-0.4, -0.2) is 42.2 Å². The molecule has 0 atom stereocenters. The van der Waals surface area contributed by atoms with Gasteiger partial charge < -0.3 is 9.64 Å². The highest BCUT2D eigenvalue weighted by atomic mass is 127. The Bertz CT molecular complexity index is 101. The summed E-state index contributed by atoms with van der Waals surface area (Å²) in [5.41, 5.74) is 0. The summed E-state index contributed by atoms with van der Waals surface area (Å²) < 4.78 is 5.52. The number of hydrogen-bond acceptors (Lipinski definition) is 2. The van der Waals surface area contributed by atoms with Crippen LogP contribution in [0.4, 0.5) is 0 Å². The smallest absolute Gasteiger partial charge is 0.0814 e. The van der Waals surface area contributed by atoms with E-state index in [0.29, 0.717) is 3.42 Å². The quantitative estimate of drug-likeness (QED) is 0.522. The maximum atomic E-state index is 5.10. The minimum absolute atomic E-state index is 0.418. The van der Waals surface area contributed by atoms with Crippen LogP contribution in [0.15, 0.2) is 0 Å². The Morgan fingerprint density at radius 3 is 2.22 bits per heavy atom. The molecule has 0 saturated carbocycles. The van der Waals surface area contributed by atoms with Crippen molar-refractivity contribution in [2.24, 2.45) is 0 Å². The number of alkyl halides is 1. The van der Waals surface area contributed by atoms with Crippen molar-refractivity contribution in [1.82, 2.24) is 4.90 Å². The van der Waals surface area contributed by atoms with Gasteiger partial charge in [-0.15, -0.1) is 0 Å². The van der Waals surface area contributed by atoms with Gasteiger partial charge >= 0.3 is 0 Å². The second-order valence-electron chi connectivity index (χ2n) is 2.88. The van der Waals surface area contributed by atoms with Gasteiger partial charge in [0.15, 0.2) is 0 Å². The molecule has 1 fully saturated rings. The first-order chi connectivity index (χ1) is 4.12.